The topological polar surface area (TPSA) is 41.9 Å². The van der Waals surface area contributed by atoms with E-state index in [0.717, 1.165) is 0 Å². The fraction of sp³-hybridized carbons (Fsp3) is 0.647. The quantitative estimate of drug-likeness (QED) is 0.681. The van der Waals surface area contributed by atoms with E-state index in [9.17, 15) is 9.50 Å². The summed E-state index contributed by atoms with van der Waals surface area (Å²) in [4.78, 5) is 1.98. The van der Waals surface area contributed by atoms with Crippen LogP contribution in [0.2, 0.25) is 0 Å². The molecule has 0 spiro atoms. The zero-order valence-electron chi connectivity index (χ0n) is 13.8. The molecule has 0 unspecified atom stereocenters. The fourth-order valence-electron chi connectivity index (χ4n) is 2.11. The molecule has 0 saturated carbocycles. The van der Waals surface area contributed by atoms with Gasteiger partial charge >= 0.3 is 0 Å². The molecule has 0 amide bonds. The van der Waals surface area contributed by atoms with E-state index < -0.39 is 6.10 Å². The molecule has 1 aromatic rings. The van der Waals surface area contributed by atoms with Crippen LogP contribution in [0.3, 0.4) is 0 Å². The van der Waals surface area contributed by atoms with Gasteiger partial charge in [0.15, 0.2) is 0 Å². The van der Waals surface area contributed by atoms with E-state index in [1.54, 1.807) is 19.2 Å². The Labute approximate surface area is 132 Å². The molecule has 0 fully saturated rings. The number of rotatable bonds is 11. The summed E-state index contributed by atoms with van der Waals surface area (Å²) >= 11 is 0. The van der Waals surface area contributed by atoms with Gasteiger partial charge in [0.05, 0.1) is 19.3 Å². The lowest BCUT2D eigenvalue weighted by atomic mass is 10.2. The van der Waals surface area contributed by atoms with Gasteiger partial charge in [-0.2, -0.15) is 0 Å². The number of hydrogen-bond donors (Lipinski definition) is 1. The minimum absolute atomic E-state index is 0.226. The van der Waals surface area contributed by atoms with Crippen LogP contribution in [0.25, 0.3) is 0 Å². The summed E-state index contributed by atoms with van der Waals surface area (Å²) in [6.45, 7) is 7.08. The predicted octanol–water partition coefficient (Wildman–Crippen LogP) is 2.31. The molecular formula is C17H28FNO3. The summed E-state index contributed by atoms with van der Waals surface area (Å²) in [5, 5.41) is 10.1. The summed E-state index contributed by atoms with van der Waals surface area (Å²) in [5.41, 5.74) is 0.619. The van der Waals surface area contributed by atoms with Crippen molar-refractivity contribution in [3.63, 3.8) is 0 Å². The first kappa shape index (κ1) is 19.0. The number of halogens is 1. The third kappa shape index (κ3) is 7.84. The Kier molecular flexibility index (Phi) is 9.24. The van der Waals surface area contributed by atoms with Crippen molar-refractivity contribution in [2.45, 2.75) is 26.5 Å². The SMILES string of the molecule is COCCN(Cc1ccccc1F)C[C@H](O)COCC(C)C. The maximum absolute atomic E-state index is 13.8. The first-order valence-corrected chi connectivity index (χ1v) is 7.73. The van der Waals surface area contributed by atoms with Crippen molar-refractivity contribution in [2.75, 3.05) is 40.0 Å². The zero-order valence-corrected chi connectivity index (χ0v) is 13.8. The monoisotopic (exact) mass is 313 g/mol. The average molecular weight is 313 g/mol. The molecule has 0 bridgehead atoms. The second-order valence-electron chi connectivity index (χ2n) is 5.90. The van der Waals surface area contributed by atoms with Crippen molar-refractivity contribution >= 4 is 0 Å². The number of aliphatic hydroxyl groups is 1. The van der Waals surface area contributed by atoms with Gasteiger partial charge in [0.2, 0.25) is 0 Å². The van der Waals surface area contributed by atoms with E-state index in [1.807, 2.05) is 11.0 Å². The van der Waals surface area contributed by atoms with E-state index in [4.69, 9.17) is 9.47 Å². The van der Waals surface area contributed by atoms with Gasteiger partial charge in [-0.1, -0.05) is 32.0 Å². The van der Waals surface area contributed by atoms with Gasteiger partial charge in [0.1, 0.15) is 5.82 Å². The van der Waals surface area contributed by atoms with Crippen molar-refractivity contribution < 1.29 is 19.0 Å². The van der Waals surface area contributed by atoms with Crippen LogP contribution in [-0.2, 0) is 16.0 Å². The fourth-order valence-corrected chi connectivity index (χ4v) is 2.11. The second-order valence-corrected chi connectivity index (χ2v) is 5.90. The Morgan fingerprint density at radius 1 is 1.23 bits per heavy atom. The Bertz CT molecular complexity index is 415. The summed E-state index contributed by atoms with van der Waals surface area (Å²) in [6.07, 6.45) is -0.595. The molecule has 1 rings (SSSR count). The van der Waals surface area contributed by atoms with E-state index >= 15 is 0 Å². The molecule has 0 saturated heterocycles. The lowest BCUT2D eigenvalue weighted by Gasteiger charge is -2.25. The lowest BCUT2D eigenvalue weighted by Crippen LogP contribution is -2.37. The average Bonchev–Trinajstić information content (AvgIpc) is 2.46. The first-order chi connectivity index (χ1) is 10.5. The molecule has 126 valence electrons. The third-order valence-corrected chi connectivity index (χ3v) is 3.19. The Morgan fingerprint density at radius 3 is 2.59 bits per heavy atom. The number of ether oxygens (including phenoxy) is 2. The highest BCUT2D eigenvalue weighted by atomic mass is 19.1. The van der Waals surface area contributed by atoms with Gasteiger partial charge < -0.3 is 14.6 Å². The Hall–Kier alpha value is -1.01. The zero-order chi connectivity index (χ0) is 16.4. The molecule has 0 aromatic heterocycles. The standard InChI is InChI=1S/C17H28FNO3/c1-14(2)12-22-13-16(20)11-19(8-9-21-3)10-15-6-4-5-7-17(15)18/h4-7,14,16,20H,8-13H2,1-3H3/t16-/m0/s1. The summed E-state index contributed by atoms with van der Waals surface area (Å²) in [7, 11) is 1.63. The highest BCUT2D eigenvalue weighted by Crippen LogP contribution is 2.10. The molecule has 0 aliphatic heterocycles. The normalized spacial score (nSPS) is 13.0. The number of nitrogens with zero attached hydrogens (tertiary/aromatic N) is 1. The van der Waals surface area contributed by atoms with Crippen LogP contribution >= 0.6 is 0 Å². The number of benzene rings is 1. The van der Waals surface area contributed by atoms with Crippen molar-refractivity contribution in [1.29, 1.82) is 0 Å². The van der Waals surface area contributed by atoms with Crippen LogP contribution < -0.4 is 0 Å². The van der Waals surface area contributed by atoms with Crippen LogP contribution in [0.5, 0.6) is 0 Å². The van der Waals surface area contributed by atoms with Crippen LogP contribution in [0.1, 0.15) is 19.4 Å². The minimum atomic E-state index is -0.595. The molecule has 0 heterocycles. The smallest absolute Gasteiger partial charge is 0.127 e. The highest BCUT2D eigenvalue weighted by molar-refractivity contribution is 5.17. The van der Waals surface area contributed by atoms with Gasteiger partial charge in [-0.3, -0.25) is 4.90 Å². The van der Waals surface area contributed by atoms with E-state index in [0.29, 0.717) is 50.9 Å². The largest absolute Gasteiger partial charge is 0.389 e. The number of hydrogen-bond acceptors (Lipinski definition) is 4. The highest BCUT2D eigenvalue weighted by Gasteiger charge is 2.14. The molecule has 0 radical (unpaired) electrons. The minimum Gasteiger partial charge on any atom is -0.389 e. The molecule has 0 aliphatic carbocycles. The molecule has 1 atom stereocenters. The van der Waals surface area contributed by atoms with E-state index in [-0.39, 0.29) is 5.82 Å². The number of methoxy groups -OCH3 is 1. The second kappa shape index (κ2) is 10.7. The first-order valence-electron chi connectivity index (χ1n) is 7.73. The van der Waals surface area contributed by atoms with Gasteiger partial charge in [0.25, 0.3) is 0 Å². The van der Waals surface area contributed by atoms with Gasteiger partial charge in [0, 0.05) is 38.9 Å². The Morgan fingerprint density at radius 2 is 1.95 bits per heavy atom. The molecule has 1 aromatic carbocycles. The van der Waals surface area contributed by atoms with Crippen molar-refractivity contribution in [3.8, 4) is 0 Å². The maximum Gasteiger partial charge on any atom is 0.127 e. The molecule has 1 N–H and O–H groups in total. The van der Waals surface area contributed by atoms with Crippen LogP contribution in [0, 0.1) is 11.7 Å². The molecule has 4 nitrogen and oxygen atoms in total. The van der Waals surface area contributed by atoms with E-state index in [2.05, 4.69) is 13.8 Å². The van der Waals surface area contributed by atoms with Crippen molar-refractivity contribution in [2.24, 2.45) is 5.92 Å². The van der Waals surface area contributed by atoms with Crippen molar-refractivity contribution in [1.82, 2.24) is 4.90 Å². The number of aliphatic hydroxyl groups excluding tert-OH is 1. The van der Waals surface area contributed by atoms with Gasteiger partial charge in [-0.05, 0) is 12.0 Å². The van der Waals surface area contributed by atoms with Gasteiger partial charge in [-0.15, -0.1) is 0 Å². The van der Waals surface area contributed by atoms with Crippen LogP contribution in [-0.4, -0.2) is 56.1 Å². The maximum atomic E-state index is 13.8. The van der Waals surface area contributed by atoms with Crippen LogP contribution in [0.4, 0.5) is 4.39 Å². The predicted molar refractivity (Wildman–Crippen MR) is 85.2 cm³/mol. The van der Waals surface area contributed by atoms with Crippen LogP contribution in [0.15, 0.2) is 24.3 Å². The lowest BCUT2D eigenvalue weighted by molar-refractivity contribution is 0.00320. The molecule has 5 heteroatoms. The van der Waals surface area contributed by atoms with Gasteiger partial charge in [-0.25, -0.2) is 4.39 Å². The Balaban J connectivity index is 2.51. The van der Waals surface area contributed by atoms with E-state index in [1.165, 1.54) is 6.07 Å². The molecular weight excluding hydrogens is 285 g/mol. The summed E-state index contributed by atoms with van der Waals surface area (Å²) in [6, 6.07) is 6.70. The third-order valence-electron chi connectivity index (χ3n) is 3.19. The molecule has 0 aliphatic rings. The molecule has 22 heavy (non-hydrogen) atoms. The summed E-state index contributed by atoms with van der Waals surface area (Å²) < 4.78 is 24.3. The summed E-state index contributed by atoms with van der Waals surface area (Å²) in [5.74, 6) is 0.214. The van der Waals surface area contributed by atoms with Crippen molar-refractivity contribution in [3.05, 3.63) is 35.6 Å².